The molecule has 0 aliphatic heterocycles. The molecule has 0 unspecified atom stereocenters. The van der Waals surface area contributed by atoms with Crippen molar-refractivity contribution in [2.45, 2.75) is 0 Å². The Kier molecular flexibility index (Phi) is 6.77. The van der Waals surface area contributed by atoms with Gasteiger partial charge in [-0.1, -0.05) is 0 Å². The van der Waals surface area contributed by atoms with E-state index in [0.717, 1.165) is 0 Å². The molecule has 0 spiro atoms. The van der Waals surface area contributed by atoms with Crippen molar-refractivity contribution < 1.29 is 19.1 Å². The maximum atomic E-state index is 12.8. The van der Waals surface area contributed by atoms with Gasteiger partial charge in [-0.2, -0.15) is 0 Å². The minimum Gasteiger partial charge on any atom is -0.480 e. The number of rotatable bonds is 8. The van der Waals surface area contributed by atoms with E-state index in [-0.39, 0.29) is 24.8 Å². The van der Waals surface area contributed by atoms with E-state index in [1.54, 1.807) is 4.90 Å². The first-order chi connectivity index (χ1) is 9.86. The van der Waals surface area contributed by atoms with Crippen molar-refractivity contribution in [1.82, 2.24) is 9.80 Å². The van der Waals surface area contributed by atoms with Gasteiger partial charge < -0.3 is 15.3 Å². The van der Waals surface area contributed by atoms with Crippen LogP contribution in [0.2, 0.25) is 0 Å². The van der Waals surface area contributed by atoms with E-state index in [0.29, 0.717) is 18.8 Å². The van der Waals surface area contributed by atoms with Crippen LogP contribution in [0.25, 0.3) is 0 Å². The summed E-state index contributed by atoms with van der Waals surface area (Å²) in [5.74, 6) is -1.70. The predicted octanol–water partition coefficient (Wildman–Crippen LogP) is 0.712. The lowest BCUT2D eigenvalue weighted by molar-refractivity contribution is -0.138. The lowest BCUT2D eigenvalue weighted by Gasteiger charge is -2.21. The van der Waals surface area contributed by atoms with E-state index in [9.17, 15) is 14.0 Å². The number of benzene rings is 1. The van der Waals surface area contributed by atoms with Gasteiger partial charge in [0, 0.05) is 18.8 Å². The second-order valence-electron chi connectivity index (χ2n) is 4.96. The zero-order valence-corrected chi connectivity index (χ0v) is 12.2. The molecule has 1 aromatic rings. The lowest BCUT2D eigenvalue weighted by atomic mass is 10.3. The summed E-state index contributed by atoms with van der Waals surface area (Å²) in [6, 6.07) is 5.40. The molecule has 0 bridgehead atoms. The summed E-state index contributed by atoms with van der Waals surface area (Å²) in [6.07, 6.45) is 0. The van der Waals surface area contributed by atoms with Gasteiger partial charge in [0.2, 0.25) is 5.91 Å². The standard InChI is InChI=1S/C14H20FN3O3/c1-17(2)7-8-18(10-14(20)21)9-13(19)16-12-5-3-11(15)4-6-12/h3-6H,7-10H2,1-2H3,(H,16,19)(H,20,21). The average Bonchev–Trinajstić information content (AvgIpc) is 2.38. The van der Waals surface area contributed by atoms with Crippen molar-refractivity contribution in [3.05, 3.63) is 30.1 Å². The van der Waals surface area contributed by atoms with Crippen molar-refractivity contribution >= 4 is 17.6 Å². The fraction of sp³-hybridized carbons (Fsp3) is 0.429. The summed E-state index contributed by atoms with van der Waals surface area (Å²) >= 11 is 0. The summed E-state index contributed by atoms with van der Waals surface area (Å²) in [5, 5.41) is 11.5. The molecule has 2 N–H and O–H groups in total. The molecule has 0 heterocycles. The molecule has 0 aliphatic rings. The number of hydrogen-bond donors (Lipinski definition) is 2. The smallest absolute Gasteiger partial charge is 0.317 e. The van der Waals surface area contributed by atoms with E-state index >= 15 is 0 Å². The zero-order valence-electron chi connectivity index (χ0n) is 12.2. The van der Waals surface area contributed by atoms with Crippen LogP contribution in [-0.4, -0.2) is 67.1 Å². The van der Waals surface area contributed by atoms with Crippen LogP contribution in [0.3, 0.4) is 0 Å². The van der Waals surface area contributed by atoms with Gasteiger partial charge in [0.1, 0.15) is 5.82 Å². The Morgan fingerprint density at radius 2 is 1.76 bits per heavy atom. The first-order valence-corrected chi connectivity index (χ1v) is 6.51. The Balaban J connectivity index is 2.53. The van der Waals surface area contributed by atoms with Crippen LogP contribution >= 0.6 is 0 Å². The third kappa shape index (κ3) is 7.38. The number of halogens is 1. The Morgan fingerprint density at radius 3 is 2.29 bits per heavy atom. The van der Waals surface area contributed by atoms with E-state index in [1.165, 1.54) is 24.3 Å². The molecule has 6 nitrogen and oxygen atoms in total. The average molecular weight is 297 g/mol. The molecular weight excluding hydrogens is 277 g/mol. The number of amides is 1. The van der Waals surface area contributed by atoms with Crippen LogP contribution in [0.15, 0.2) is 24.3 Å². The number of anilines is 1. The van der Waals surface area contributed by atoms with Gasteiger partial charge in [-0.3, -0.25) is 14.5 Å². The molecule has 0 saturated heterocycles. The van der Waals surface area contributed by atoms with Gasteiger partial charge in [0.15, 0.2) is 0 Å². The topological polar surface area (TPSA) is 72.9 Å². The monoisotopic (exact) mass is 297 g/mol. The molecule has 0 atom stereocenters. The number of likely N-dealkylation sites (N-methyl/N-ethyl adjacent to an activating group) is 1. The molecule has 1 rings (SSSR count). The molecule has 116 valence electrons. The first-order valence-electron chi connectivity index (χ1n) is 6.51. The van der Waals surface area contributed by atoms with Gasteiger partial charge in [-0.15, -0.1) is 0 Å². The van der Waals surface area contributed by atoms with Gasteiger partial charge in [0.25, 0.3) is 0 Å². The number of carbonyl (C=O) groups excluding carboxylic acids is 1. The highest BCUT2D eigenvalue weighted by atomic mass is 19.1. The number of carboxylic acid groups (broad SMARTS) is 1. The molecule has 1 aromatic carbocycles. The maximum absolute atomic E-state index is 12.8. The van der Waals surface area contributed by atoms with Crippen LogP contribution in [-0.2, 0) is 9.59 Å². The van der Waals surface area contributed by atoms with Crippen LogP contribution in [0.4, 0.5) is 10.1 Å². The number of nitrogens with one attached hydrogen (secondary N) is 1. The van der Waals surface area contributed by atoms with Gasteiger partial charge in [-0.25, -0.2) is 4.39 Å². The van der Waals surface area contributed by atoms with Crippen molar-refractivity contribution in [1.29, 1.82) is 0 Å². The van der Waals surface area contributed by atoms with Gasteiger partial charge >= 0.3 is 5.97 Å². The zero-order chi connectivity index (χ0) is 15.8. The minimum absolute atomic E-state index is 0.0302. The van der Waals surface area contributed by atoms with E-state index in [2.05, 4.69) is 5.32 Å². The Labute approximate surface area is 123 Å². The fourth-order valence-corrected chi connectivity index (χ4v) is 1.68. The van der Waals surface area contributed by atoms with E-state index in [4.69, 9.17) is 5.11 Å². The third-order valence-electron chi connectivity index (χ3n) is 2.72. The normalized spacial score (nSPS) is 10.9. The van der Waals surface area contributed by atoms with Crippen molar-refractivity contribution in [2.24, 2.45) is 0 Å². The van der Waals surface area contributed by atoms with Gasteiger partial charge in [-0.05, 0) is 38.4 Å². The molecule has 0 aromatic heterocycles. The second kappa shape index (κ2) is 8.33. The number of hydrogen-bond acceptors (Lipinski definition) is 4. The summed E-state index contributed by atoms with van der Waals surface area (Å²) in [5.41, 5.74) is 0.476. The van der Waals surface area contributed by atoms with Crippen LogP contribution in [0, 0.1) is 5.82 Å². The third-order valence-corrected chi connectivity index (χ3v) is 2.72. The van der Waals surface area contributed by atoms with Crippen molar-refractivity contribution in [2.75, 3.05) is 45.6 Å². The van der Waals surface area contributed by atoms with Crippen molar-refractivity contribution in [3.8, 4) is 0 Å². The van der Waals surface area contributed by atoms with Crippen molar-refractivity contribution in [3.63, 3.8) is 0 Å². The largest absolute Gasteiger partial charge is 0.480 e. The van der Waals surface area contributed by atoms with E-state index in [1.807, 2.05) is 19.0 Å². The predicted molar refractivity (Wildman–Crippen MR) is 77.7 cm³/mol. The van der Waals surface area contributed by atoms with Gasteiger partial charge in [0.05, 0.1) is 13.1 Å². The summed E-state index contributed by atoms with van der Waals surface area (Å²) in [7, 11) is 3.75. The first kappa shape index (κ1) is 17.1. The second-order valence-corrected chi connectivity index (χ2v) is 4.96. The Bertz CT molecular complexity index is 477. The highest BCUT2D eigenvalue weighted by Gasteiger charge is 2.14. The molecule has 1 amide bonds. The molecule has 7 heteroatoms. The Morgan fingerprint density at radius 1 is 1.14 bits per heavy atom. The number of carbonyl (C=O) groups is 2. The molecule has 0 fully saturated rings. The summed E-state index contributed by atoms with van der Waals surface area (Å²) < 4.78 is 12.8. The summed E-state index contributed by atoms with van der Waals surface area (Å²) in [6.45, 7) is 0.884. The molecule has 0 radical (unpaired) electrons. The SMILES string of the molecule is CN(C)CCN(CC(=O)O)CC(=O)Nc1ccc(F)cc1. The van der Waals surface area contributed by atoms with Crippen LogP contribution in [0.5, 0.6) is 0 Å². The highest BCUT2D eigenvalue weighted by Crippen LogP contribution is 2.08. The molecule has 0 saturated carbocycles. The number of aliphatic carboxylic acids is 1. The maximum Gasteiger partial charge on any atom is 0.317 e. The Hall–Kier alpha value is -1.99. The van der Waals surface area contributed by atoms with Crippen LogP contribution in [0.1, 0.15) is 0 Å². The van der Waals surface area contributed by atoms with Crippen LogP contribution < -0.4 is 5.32 Å². The molecular formula is C14H20FN3O3. The fourth-order valence-electron chi connectivity index (χ4n) is 1.68. The van der Waals surface area contributed by atoms with E-state index < -0.39 is 5.97 Å². The number of nitrogens with zero attached hydrogens (tertiary/aromatic N) is 2. The highest BCUT2D eigenvalue weighted by molar-refractivity contribution is 5.92. The minimum atomic E-state index is -0.983. The quantitative estimate of drug-likeness (QED) is 0.739. The number of carboxylic acids is 1. The molecule has 21 heavy (non-hydrogen) atoms. The lowest BCUT2D eigenvalue weighted by Crippen LogP contribution is -2.40. The summed E-state index contributed by atoms with van der Waals surface area (Å²) in [4.78, 5) is 26.1. The molecule has 0 aliphatic carbocycles.